The van der Waals surface area contributed by atoms with Crippen molar-refractivity contribution in [3.8, 4) is 5.75 Å². The molecule has 1 aliphatic heterocycles. The van der Waals surface area contributed by atoms with Crippen molar-refractivity contribution in [3.05, 3.63) is 12.4 Å². The largest absolute Gasteiger partial charge is 0.482 e. The van der Waals surface area contributed by atoms with Gasteiger partial charge in [-0.2, -0.15) is 5.10 Å². The fourth-order valence-electron chi connectivity index (χ4n) is 1.39. The molecule has 0 saturated carbocycles. The Morgan fingerprint density at radius 3 is 3.14 bits per heavy atom. The third-order valence-electron chi connectivity index (χ3n) is 2.22. The fourth-order valence-corrected chi connectivity index (χ4v) is 1.39. The van der Waals surface area contributed by atoms with Gasteiger partial charge < -0.3 is 14.6 Å². The molecule has 2 rings (SSSR count). The highest BCUT2D eigenvalue weighted by Gasteiger charge is 2.28. The minimum atomic E-state index is -0.528. The molecular formula is C9H14N2O3. The molecule has 0 bridgehead atoms. The zero-order chi connectivity index (χ0) is 9.97. The Bertz CT molecular complexity index is 300. The molecule has 0 spiro atoms. The summed E-state index contributed by atoms with van der Waals surface area (Å²) in [5.41, 5.74) is 0. The molecular weight excluding hydrogens is 184 g/mol. The zero-order valence-electron chi connectivity index (χ0n) is 8.09. The molecule has 0 amide bonds. The third-order valence-corrected chi connectivity index (χ3v) is 2.22. The zero-order valence-corrected chi connectivity index (χ0v) is 8.09. The number of hydrogen-bond donors (Lipinski definition) is 1. The van der Waals surface area contributed by atoms with Gasteiger partial charge in [0.05, 0.1) is 25.6 Å². The van der Waals surface area contributed by atoms with E-state index in [1.165, 1.54) is 0 Å². The summed E-state index contributed by atoms with van der Waals surface area (Å²) in [6.07, 6.45) is 2.67. The molecule has 5 heteroatoms. The summed E-state index contributed by atoms with van der Waals surface area (Å²) >= 11 is 0. The van der Waals surface area contributed by atoms with E-state index in [0.717, 1.165) is 6.54 Å². The van der Waals surface area contributed by atoms with Gasteiger partial charge in [-0.1, -0.05) is 0 Å². The summed E-state index contributed by atoms with van der Waals surface area (Å²) in [4.78, 5) is 0. The van der Waals surface area contributed by atoms with Crippen LogP contribution < -0.4 is 4.74 Å². The molecule has 78 valence electrons. The van der Waals surface area contributed by atoms with Gasteiger partial charge in [0.1, 0.15) is 6.10 Å². The maximum absolute atomic E-state index is 9.44. The van der Waals surface area contributed by atoms with Gasteiger partial charge in [-0.3, -0.25) is 4.68 Å². The maximum Gasteiger partial charge on any atom is 0.157 e. The Hall–Kier alpha value is -1.07. The van der Waals surface area contributed by atoms with Gasteiger partial charge in [0.25, 0.3) is 0 Å². The van der Waals surface area contributed by atoms with Crippen LogP contribution >= 0.6 is 0 Å². The van der Waals surface area contributed by atoms with Gasteiger partial charge in [0.15, 0.2) is 11.9 Å². The summed E-state index contributed by atoms with van der Waals surface area (Å²) in [6, 6.07) is 0. The second-order valence-electron chi connectivity index (χ2n) is 3.29. The standard InChI is InChI=1S/C9H14N2O3/c1-2-11-4-7(3-10-11)14-9-6-13-5-8(9)12/h3-4,8-9,12H,2,5-6H2,1H3/t8-,9-/m1/s1. The van der Waals surface area contributed by atoms with Crippen LogP contribution in [0.25, 0.3) is 0 Å². The van der Waals surface area contributed by atoms with E-state index in [0.29, 0.717) is 19.0 Å². The van der Waals surface area contributed by atoms with Crippen LogP contribution in [-0.2, 0) is 11.3 Å². The van der Waals surface area contributed by atoms with Crippen LogP contribution in [0.1, 0.15) is 6.92 Å². The van der Waals surface area contributed by atoms with Gasteiger partial charge in [-0.05, 0) is 6.92 Å². The molecule has 1 aromatic rings. The summed E-state index contributed by atoms with van der Waals surface area (Å²) in [5.74, 6) is 0.682. The van der Waals surface area contributed by atoms with Gasteiger partial charge in [-0.25, -0.2) is 0 Å². The van der Waals surface area contributed by atoms with Crippen LogP contribution in [0.15, 0.2) is 12.4 Å². The highest BCUT2D eigenvalue weighted by atomic mass is 16.6. The van der Waals surface area contributed by atoms with Crippen molar-refractivity contribution in [3.63, 3.8) is 0 Å². The molecule has 0 aliphatic carbocycles. The van der Waals surface area contributed by atoms with Crippen molar-refractivity contribution in [1.82, 2.24) is 9.78 Å². The Kier molecular flexibility index (Phi) is 2.69. The number of hydrogen-bond acceptors (Lipinski definition) is 4. The molecule has 0 aromatic carbocycles. The Labute approximate surface area is 82.2 Å². The van der Waals surface area contributed by atoms with E-state index >= 15 is 0 Å². The van der Waals surface area contributed by atoms with Crippen molar-refractivity contribution < 1.29 is 14.6 Å². The van der Waals surface area contributed by atoms with Crippen LogP contribution in [0.4, 0.5) is 0 Å². The van der Waals surface area contributed by atoms with Gasteiger partial charge in [0.2, 0.25) is 0 Å². The predicted octanol–water partition coefficient (Wildman–Crippen LogP) is 0.0415. The quantitative estimate of drug-likeness (QED) is 0.745. The lowest BCUT2D eigenvalue weighted by Gasteiger charge is -2.12. The van der Waals surface area contributed by atoms with Crippen molar-refractivity contribution in [2.75, 3.05) is 13.2 Å². The molecule has 1 aromatic heterocycles. The lowest BCUT2D eigenvalue weighted by atomic mass is 10.3. The number of aromatic nitrogens is 2. The second-order valence-corrected chi connectivity index (χ2v) is 3.29. The number of aliphatic hydroxyl groups is 1. The smallest absolute Gasteiger partial charge is 0.157 e. The number of aryl methyl sites for hydroxylation is 1. The number of ether oxygens (including phenoxy) is 2. The first-order valence-corrected chi connectivity index (χ1v) is 4.74. The first-order chi connectivity index (χ1) is 6.79. The average molecular weight is 198 g/mol. The minimum absolute atomic E-state index is 0.260. The maximum atomic E-state index is 9.44. The van der Waals surface area contributed by atoms with E-state index in [1.54, 1.807) is 10.9 Å². The molecule has 2 atom stereocenters. The first-order valence-electron chi connectivity index (χ1n) is 4.74. The van der Waals surface area contributed by atoms with E-state index in [2.05, 4.69) is 5.10 Å². The summed E-state index contributed by atoms with van der Waals surface area (Å²) < 4.78 is 12.4. The topological polar surface area (TPSA) is 56.5 Å². The van der Waals surface area contributed by atoms with Gasteiger partial charge in [0, 0.05) is 6.54 Å². The van der Waals surface area contributed by atoms with Crippen LogP contribution in [0.5, 0.6) is 5.75 Å². The minimum Gasteiger partial charge on any atom is -0.482 e. The summed E-state index contributed by atoms with van der Waals surface area (Å²) in [6.45, 7) is 3.61. The molecule has 14 heavy (non-hydrogen) atoms. The van der Waals surface area contributed by atoms with E-state index < -0.39 is 6.10 Å². The van der Waals surface area contributed by atoms with Gasteiger partial charge in [-0.15, -0.1) is 0 Å². The SMILES string of the molecule is CCn1cc(O[C@@H]2COC[C@H]2O)cn1. The highest BCUT2D eigenvalue weighted by Crippen LogP contribution is 2.16. The third kappa shape index (κ3) is 1.88. The molecule has 1 aliphatic rings. The van der Waals surface area contributed by atoms with E-state index in [1.807, 2.05) is 13.1 Å². The van der Waals surface area contributed by atoms with Crippen molar-refractivity contribution in [2.24, 2.45) is 0 Å². The monoisotopic (exact) mass is 198 g/mol. The molecule has 2 heterocycles. The number of nitrogens with zero attached hydrogens (tertiary/aromatic N) is 2. The Morgan fingerprint density at radius 2 is 2.57 bits per heavy atom. The highest BCUT2D eigenvalue weighted by molar-refractivity contribution is 5.12. The number of aliphatic hydroxyl groups excluding tert-OH is 1. The number of rotatable bonds is 3. The van der Waals surface area contributed by atoms with Crippen molar-refractivity contribution in [2.45, 2.75) is 25.7 Å². The van der Waals surface area contributed by atoms with Crippen LogP contribution in [0.3, 0.4) is 0 Å². The Morgan fingerprint density at radius 1 is 1.71 bits per heavy atom. The predicted molar refractivity (Wildman–Crippen MR) is 49.1 cm³/mol. The summed E-state index contributed by atoms with van der Waals surface area (Å²) in [7, 11) is 0. The lowest BCUT2D eigenvalue weighted by molar-refractivity contribution is 0.0733. The molecule has 1 saturated heterocycles. The van der Waals surface area contributed by atoms with Crippen LogP contribution in [-0.4, -0.2) is 40.3 Å². The lowest BCUT2D eigenvalue weighted by Crippen LogP contribution is -2.29. The van der Waals surface area contributed by atoms with Crippen molar-refractivity contribution in [1.29, 1.82) is 0 Å². The fraction of sp³-hybridized carbons (Fsp3) is 0.667. The van der Waals surface area contributed by atoms with Crippen molar-refractivity contribution >= 4 is 0 Å². The van der Waals surface area contributed by atoms with E-state index in [9.17, 15) is 5.11 Å². The summed E-state index contributed by atoms with van der Waals surface area (Å²) in [5, 5.41) is 13.5. The van der Waals surface area contributed by atoms with E-state index in [4.69, 9.17) is 9.47 Å². The molecule has 1 N–H and O–H groups in total. The normalized spacial score (nSPS) is 26.7. The Balaban J connectivity index is 1.96. The molecule has 1 fully saturated rings. The van der Waals surface area contributed by atoms with Crippen LogP contribution in [0.2, 0.25) is 0 Å². The average Bonchev–Trinajstić information content (AvgIpc) is 2.77. The van der Waals surface area contributed by atoms with Gasteiger partial charge >= 0.3 is 0 Å². The molecule has 0 unspecified atom stereocenters. The molecule has 5 nitrogen and oxygen atoms in total. The van der Waals surface area contributed by atoms with Crippen LogP contribution in [0, 0.1) is 0 Å². The second kappa shape index (κ2) is 3.98. The van der Waals surface area contributed by atoms with E-state index in [-0.39, 0.29) is 6.10 Å². The molecule has 0 radical (unpaired) electrons. The first kappa shape index (κ1) is 9.48.